The van der Waals surface area contributed by atoms with Crippen molar-refractivity contribution in [3.05, 3.63) is 17.5 Å². The van der Waals surface area contributed by atoms with Gasteiger partial charge in [0, 0.05) is 51.5 Å². The minimum atomic E-state index is -0.00197. The van der Waals surface area contributed by atoms with Crippen LogP contribution in [-0.2, 0) is 13.5 Å². The number of aryl methyl sites for hydroxylation is 2. The van der Waals surface area contributed by atoms with E-state index in [1.807, 2.05) is 25.1 Å². The lowest BCUT2D eigenvalue weighted by molar-refractivity contribution is 0.0425. The highest BCUT2D eigenvalue weighted by Gasteiger charge is 2.31. The molecule has 0 aliphatic carbocycles. The smallest absolute Gasteiger partial charge is 0.257 e. The summed E-state index contributed by atoms with van der Waals surface area (Å²) >= 11 is 0. The highest BCUT2D eigenvalue weighted by Crippen LogP contribution is 2.18. The van der Waals surface area contributed by atoms with Crippen molar-refractivity contribution in [3.8, 4) is 0 Å². The first-order chi connectivity index (χ1) is 9.89. The Morgan fingerprint density at radius 2 is 1.95 bits per heavy atom. The largest absolute Gasteiger partial charge is 0.336 e. The number of rotatable bonds is 4. The van der Waals surface area contributed by atoms with Crippen molar-refractivity contribution >= 4 is 5.91 Å². The van der Waals surface area contributed by atoms with Crippen molar-refractivity contribution in [1.29, 1.82) is 0 Å². The van der Waals surface area contributed by atoms with E-state index in [1.54, 1.807) is 4.68 Å². The molecule has 0 saturated carbocycles. The van der Waals surface area contributed by atoms with E-state index in [0.717, 1.165) is 43.9 Å². The van der Waals surface area contributed by atoms with Crippen LogP contribution in [0.1, 0.15) is 36.8 Å². The molecule has 1 aromatic rings. The molecule has 2 rings (SSSR count). The number of nitrogens with two attached hydrogens (primary N) is 1. The minimum absolute atomic E-state index is 0.00197. The molecule has 0 spiro atoms. The molecule has 2 heterocycles. The Hall–Kier alpha value is -1.40. The Morgan fingerprint density at radius 3 is 2.48 bits per heavy atom. The summed E-state index contributed by atoms with van der Waals surface area (Å²) in [5, 5.41) is 4.35. The van der Waals surface area contributed by atoms with Gasteiger partial charge in [-0.2, -0.15) is 5.10 Å². The summed E-state index contributed by atoms with van der Waals surface area (Å²) in [6.45, 7) is 10.2. The number of hydrogen-bond acceptors (Lipinski definition) is 4. The number of carbonyl (C=O) groups is 1. The summed E-state index contributed by atoms with van der Waals surface area (Å²) in [6, 6.07) is 0. The van der Waals surface area contributed by atoms with E-state index < -0.39 is 0 Å². The Kier molecular flexibility index (Phi) is 4.68. The van der Waals surface area contributed by atoms with E-state index in [0.29, 0.717) is 6.54 Å². The van der Waals surface area contributed by atoms with Crippen LogP contribution < -0.4 is 5.73 Å². The zero-order valence-corrected chi connectivity index (χ0v) is 13.6. The van der Waals surface area contributed by atoms with Gasteiger partial charge in [-0.05, 0) is 20.3 Å². The number of hydrogen-bond donors (Lipinski definition) is 1. The molecule has 0 unspecified atom stereocenters. The van der Waals surface area contributed by atoms with Crippen LogP contribution >= 0.6 is 0 Å². The summed E-state index contributed by atoms with van der Waals surface area (Å²) in [5.74, 6) is 0.102. The van der Waals surface area contributed by atoms with Gasteiger partial charge >= 0.3 is 0 Å². The Balaban J connectivity index is 2.03. The van der Waals surface area contributed by atoms with Gasteiger partial charge in [0.05, 0.1) is 11.3 Å². The molecule has 1 aliphatic rings. The highest BCUT2D eigenvalue weighted by molar-refractivity contribution is 5.95. The monoisotopic (exact) mass is 293 g/mol. The zero-order chi connectivity index (χ0) is 15.6. The van der Waals surface area contributed by atoms with E-state index >= 15 is 0 Å². The third-order valence-electron chi connectivity index (χ3n) is 4.39. The van der Waals surface area contributed by atoms with Crippen LogP contribution in [-0.4, -0.2) is 63.8 Å². The van der Waals surface area contributed by atoms with Crippen molar-refractivity contribution in [2.24, 2.45) is 12.8 Å². The molecule has 0 aromatic carbocycles. The second-order valence-corrected chi connectivity index (χ2v) is 6.31. The summed E-state index contributed by atoms with van der Waals surface area (Å²) in [7, 11) is 1.86. The van der Waals surface area contributed by atoms with Crippen LogP contribution in [0.15, 0.2) is 6.20 Å². The fourth-order valence-corrected chi connectivity index (χ4v) is 2.79. The number of nitrogens with zero attached hydrogens (tertiary/aromatic N) is 4. The lowest BCUT2D eigenvalue weighted by Crippen LogP contribution is -2.58. The predicted molar refractivity (Wildman–Crippen MR) is 83.2 cm³/mol. The second-order valence-electron chi connectivity index (χ2n) is 6.31. The van der Waals surface area contributed by atoms with Gasteiger partial charge in [-0.25, -0.2) is 0 Å². The fraction of sp³-hybridized carbons (Fsp3) is 0.733. The number of aromatic nitrogens is 2. The van der Waals surface area contributed by atoms with Crippen LogP contribution in [0.3, 0.4) is 0 Å². The molecule has 118 valence electrons. The molecular formula is C15H27N5O. The first-order valence-corrected chi connectivity index (χ1v) is 7.66. The number of carbonyl (C=O) groups excluding carboxylic acids is 1. The summed E-state index contributed by atoms with van der Waals surface area (Å²) in [5.41, 5.74) is 7.45. The molecule has 0 atom stereocenters. The van der Waals surface area contributed by atoms with Crippen LogP contribution in [0, 0.1) is 0 Å². The average molecular weight is 293 g/mol. The first-order valence-electron chi connectivity index (χ1n) is 7.66. The number of amides is 1. The van der Waals surface area contributed by atoms with Crippen molar-refractivity contribution in [1.82, 2.24) is 19.6 Å². The predicted octanol–water partition coefficient (Wildman–Crippen LogP) is 0.478. The third kappa shape index (κ3) is 3.27. The second kappa shape index (κ2) is 6.15. The standard InChI is InChI=1S/C15H27N5O/c1-5-13-12(10-18(4)17-13)14(21)19-6-8-20(9-7-19)15(2,3)11-16/h10H,5-9,11,16H2,1-4H3. The van der Waals surface area contributed by atoms with Gasteiger partial charge in [0.25, 0.3) is 5.91 Å². The first kappa shape index (κ1) is 16.0. The molecule has 0 bridgehead atoms. The van der Waals surface area contributed by atoms with Crippen molar-refractivity contribution < 1.29 is 4.79 Å². The van der Waals surface area contributed by atoms with Gasteiger partial charge in [0.2, 0.25) is 0 Å². The average Bonchev–Trinajstić information content (AvgIpc) is 2.87. The van der Waals surface area contributed by atoms with E-state index in [9.17, 15) is 4.79 Å². The molecule has 1 aliphatic heterocycles. The van der Waals surface area contributed by atoms with E-state index in [2.05, 4.69) is 23.8 Å². The van der Waals surface area contributed by atoms with Crippen molar-refractivity contribution in [2.45, 2.75) is 32.7 Å². The SMILES string of the molecule is CCc1nn(C)cc1C(=O)N1CCN(C(C)(C)CN)CC1. The highest BCUT2D eigenvalue weighted by atomic mass is 16.2. The quantitative estimate of drug-likeness (QED) is 0.877. The minimum Gasteiger partial charge on any atom is -0.336 e. The zero-order valence-electron chi connectivity index (χ0n) is 13.6. The van der Waals surface area contributed by atoms with Crippen molar-refractivity contribution in [2.75, 3.05) is 32.7 Å². The molecule has 1 aromatic heterocycles. The van der Waals surface area contributed by atoms with Crippen LogP contribution in [0.5, 0.6) is 0 Å². The molecule has 6 heteroatoms. The van der Waals surface area contributed by atoms with E-state index in [-0.39, 0.29) is 11.4 Å². The molecule has 1 saturated heterocycles. The van der Waals surface area contributed by atoms with Gasteiger partial charge in [0.15, 0.2) is 0 Å². The summed E-state index contributed by atoms with van der Waals surface area (Å²) < 4.78 is 1.72. The van der Waals surface area contributed by atoms with E-state index in [4.69, 9.17) is 5.73 Å². The number of piperazine rings is 1. The van der Waals surface area contributed by atoms with Crippen molar-refractivity contribution in [3.63, 3.8) is 0 Å². The fourth-order valence-electron chi connectivity index (χ4n) is 2.79. The van der Waals surface area contributed by atoms with Crippen LogP contribution in [0.25, 0.3) is 0 Å². The molecule has 21 heavy (non-hydrogen) atoms. The topological polar surface area (TPSA) is 67.4 Å². The van der Waals surface area contributed by atoms with Crippen LogP contribution in [0.2, 0.25) is 0 Å². The Morgan fingerprint density at radius 1 is 1.33 bits per heavy atom. The molecule has 1 fully saturated rings. The molecular weight excluding hydrogens is 266 g/mol. The van der Waals surface area contributed by atoms with Gasteiger partial charge in [-0.1, -0.05) is 6.92 Å². The van der Waals surface area contributed by atoms with Gasteiger partial charge in [0.1, 0.15) is 0 Å². The Bertz CT molecular complexity index is 500. The lowest BCUT2D eigenvalue weighted by atomic mass is 10.0. The Labute approximate surface area is 126 Å². The van der Waals surface area contributed by atoms with Gasteiger partial charge in [-0.3, -0.25) is 14.4 Å². The molecule has 2 N–H and O–H groups in total. The van der Waals surface area contributed by atoms with Gasteiger partial charge < -0.3 is 10.6 Å². The maximum absolute atomic E-state index is 12.6. The summed E-state index contributed by atoms with van der Waals surface area (Å²) in [6.07, 6.45) is 2.61. The third-order valence-corrected chi connectivity index (χ3v) is 4.39. The molecule has 1 amide bonds. The molecule has 0 radical (unpaired) electrons. The van der Waals surface area contributed by atoms with E-state index in [1.165, 1.54) is 0 Å². The maximum atomic E-state index is 12.6. The lowest BCUT2D eigenvalue weighted by Gasteiger charge is -2.43. The normalized spacial score (nSPS) is 17.3. The van der Waals surface area contributed by atoms with Crippen LogP contribution in [0.4, 0.5) is 0 Å². The summed E-state index contributed by atoms with van der Waals surface area (Å²) in [4.78, 5) is 16.9. The molecule has 6 nitrogen and oxygen atoms in total. The van der Waals surface area contributed by atoms with Gasteiger partial charge in [-0.15, -0.1) is 0 Å². The maximum Gasteiger partial charge on any atom is 0.257 e.